The van der Waals surface area contributed by atoms with Gasteiger partial charge in [-0.15, -0.1) is 0 Å². The second-order valence-electron chi connectivity index (χ2n) is 6.49. The molecule has 1 unspecified atom stereocenters. The molecule has 1 atom stereocenters. The predicted octanol–water partition coefficient (Wildman–Crippen LogP) is 2.89. The van der Waals surface area contributed by atoms with Crippen molar-refractivity contribution >= 4 is 12.6 Å². The molecule has 0 radical (unpaired) electrons. The molecule has 1 saturated carbocycles. The van der Waals surface area contributed by atoms with Crippen LogP contribution in [-0.2, 0) is 0 Å². The number of likely N-dealkylation sites (tertiary alicyclic amines) is 1. The van der Waals surface area contributed by atoms with Gasteiger partial charge >= 0.3 is 0 Å². The van der Waals surface area contributed by atoms with Crippen molar-refractivity contribution in [3.63, 3.8) is 0 Å². The van der Waals surface area contributed by atoms with E-state index < -0.39 is 0 Å². The first-order chi connectivity index (χ1) is 8.69. The van der Waals surface area contributed by atoms with E-state index in [0.717, 1.165) is 11.8 Å². The van der Waals surface area contributed by atoms with E-state index >= 15 is 0 Å². The second kappa shape index (κ2) is 6.62. The first-order valence-corrected chi connectivity index (χ1v) is 8.36. The van der Waals surface area contributed by atoms with Crippen LogP contribution in [0.15, 0.2) is 0 Å². The van der Waals surface area contributed by atoms with Gasteiger partial charge < -0.3 is 4.90 Å². The van der Waals surface area contributed by atoms with Crippen LogP contribution in [0.25, 0.3) is 0 Å². The Balaban J connectivity index is 1.82. The molecule has 106 valence electrons. The molecule has 2 aliphatic rings. The van der Waals surface area contributed by atoms with Gasteiger partial charge in [-0.3, -0.25) is 4.90 Å². The lowest BCUT2D eigenvalue weighted by Gasteiger charge is -2.35. The molecule has 1 aliphatic heterocycles. The molecule has 0 spiro atoms. The van der Waals surface area contributed by atoms with E-state index in [-0.39, 0.29) is 0 Å². The molecule has 1 aliphatic carbocycles. The molecular weight excluding hydrogens is 240 g/mol. The van der Waals surface area contributed by atoms with E-state index in [2.05, 4.69) is 36.4 Å². The fraction of sp³-hybridized carbons (Fsp3) is 1.00. The molecule has 2 rings (SSSR count). The van der Waals surface area contributed by atoms with Crippen LogP contribution in [0.1, 0.15) is 45.4 Å². The highest BCUT2D eigenvalue weighted by Gasteiger charge is 2.34. The van der Waals surface area contributed by atoms with Crippen molar-refractivity contribution in [2.75, 3.05) is 39.0 Å². The summed E-state index contributed by atoms with van der Waals surface area (Å²) in [5, 5.41) is 0. The Labute approximate surface area is 119 Å². The van der Waals surface area contributed by atoms with E-state index in [1.165, 1.54) is 64.7 Å². The average Bonchev–Trinajstić information content (AvgIpc) is 2.98. The normalized spacial score (nSPS) is 28.3. The standard InChI is InChI=1S/C15H30N2S/c1-3-17-10-6-7-14(17)11-16(2)12-15(13-18)8-4-5-9-15/h14,18H,3-13H2,1-2H3. The Morgan fingerprint density at radius 3 is 2.61 bits per heavy atom. The Kier molecular flexibility index (Phi) is 5.40. The SMILES string of the molecule is CCN1CCCC1CN(C)CC1(CS)CCCC1. The number of rotatable bonds is 6. The van der Waals surface area contributed by atoms with Gasteiger partial charge in [-0.05, 0) is 57.0 Å². The first-order valence-electron chi connectivity index (χ1n) is 7.72. The van der Waals surface area contributed by atoms with Crippen LogP contribution in [0, 0.1) is 5.41 Å². The van der Waals surface area contributed by atoms with Crippen molar-refractivity contribution in [1.82, 2.24) is 9.80 Å². The molecule has 0 N–H and O–H groups in total. The van der Waals surface area contributed by atoms with Crippen molar-refractivity contribution in [3.8, 4) is 0 Å². The Morgan fingerprint density at radius 1 is 1.28 bits per heavy atom. The Bertz CT molecular complexity index is 251. The van der Waals surface area contributed by atoms with Crippen LogP contribution in [-0.4, -0.2) is 54.8 Å². The minimum atomic E-state index is 0.521. The number of hydrogen-bond donors (Lipinski definition) is 1. The maximum Gasteiger partial charge on any atom is 0.0223 e. The highest BCUT2D eigenvalue weighted by atomic mass is 32.1. The van der Waals surface area contributed by atoms with Gasteiger partial charge in [-0.1, -0.05) is 19.8 Å². The third-order valence-electron chi connectivity index (χ3n) is 5.03. The van der Waals surface area contributed by atoms with Gasteiger partial charge in [0.25, 0.3) is 0 Å². The van der Waals surface area contributed by atoms with Gasteiger partial charge in [-0.2, -0.15) is 12.6 Å². The molecule has 3 heteroatoms. The molecule has 2 nitrogen and oxygen atoms in total. The van der Waals surface area contributed by atoms with Crippen molar-refractivity contribution in [2.24, 2.45) is 5.41 Å². The van der Waals surface area contributed by atoms with Crippen LogP contribution in [0.2, 0.25) is 0 Å². The maximum absolute atomic E-state index is 4.62. The molecule has 1 heterocycles. The molecule has 0 amide bonds. The summed E-state index contributed by atoms with van der Waals surface area (Å²) in [5.41, 5.74) is 0.521. The van der Waals surface area contributed by atoms with E-state index in [9.17, 15) is 0 Å². The predicted molar refractivity (Wildman–Crippen MR) is 82.5 cm³/mol. The summed E-state index contributed by atoms with van der Waals surface area (Å²) >= 11 is 4.62. The van der Waals surface area contributed by atoms with Crippen molar-refractivity contribution in [2.45, 2.75) is 51.5 Å². The highest BCUT2D eigenvalue weighted by Crippen LogP contribution is 2.39. The monoisotopic (exact) mass is 270 g/mol. The molecule has 0 aromatic rings. The highest BCUT2D eigenvalue weighted by molar-refractivity contribution is 7.80. The van der Waals surface area contributed by atoms with Gasteiger partial charge in [0.2, 0.25) is 0 Å². The average molecular weight is 270 g/mol. The molecule has 0 aromatic heterocycles. The van der Waals surface area contributed by atoms with Gasteiger partial charge in [0.1, 0.15) is 0 Å². The van der Waals surface area contributed by atoms with Crippen LogP contribution in [0.3, 0.4) is 0 Å². The van der Waals surface area contributed by atoms with Gasteiger partial charge in [0.15, 0.2) is 0 Å². The molecule has 2 fully saturated rings. The summed E-state index contributed by atoms with van der Waals surface area (Å²) in [7, 11) is 2.32. The van der Waals surface area contributed by atoms with E-state index in [4.69, 9.17) is 0 Å². The van der Waals surface area contributed by atoms with E-state index in [1.54, 1.807) is 0 Å². The smallest absolute Gasteiger partial charge is 0.0223 e. The van der Waals surface area contributed by atoms with Crippen LogP contribution < -0.4 is 0 Å². The van der Waals surface area contributed by atoms with E-state index in [0.29, 0.717) is 5.41 Å². The Morgan fingerprint density at radius 2 is 2.00 bits per heavy atom. The number of likely N-dealkylation sites (N-methyl/N-ethyl adjacent to an activating group) is 2. The van der Waals surface area contributed by atoms with Crippen molar-refractivity contribution < 1.29 is 0 Å². The van der Waals surface area contributed by atoms with Gasteiger partial charge in [0, 0.05) is 19.1 Å². The third-order valence-corrected chi connectivity index (χ3v) is 5.70. The van der Waals surface area contributed by atoms with Gasteiger partial charge in [0.05, 0.1) is 0 Å². The maximum atomic E-state index is 4.62. The third kappa shape index (κ3) is 3.43. The summed E-state index contributed by atoms with van der Waals surface area (Å²) in [6, 6.07) is 0.804. The first kappa shape index (κ1) is 14.7. The molecule has 0 aromatic carbocycles. The van der Waals surface area contributed by atoms with E-state index in [1.807, 2.05) is 0 Å². The summed E-state index contributed by atoms with van der Waals surface area (Å²) in [6.45, 7) is 7.33. The van der Waals surface area contributed by atoms with Crippen LogP contribution in [0.4, 0.5) is 0 Å². The Hall–Kier alpha value is 0.270. The molecule has 0 bridgehead atoms. The zero-order chi connectivity index (χ0) is 13.0. The zero-order valence-corrected chi connectivity index (χ0v) is 13.1. The topological polar surface area (TPSA) is 6.48 Å². The largest absolute Gasteiger partial charge is 0.304 e. The summed E-state index contributed by atoms with van der Waals surface area (Å²) in [6.07, 6.45) is 8.40. The minimum Gasteiger partial charge on any atom is -0.304 e. The van der Waals surface area contributed by atoms with Crippen molar-refractivity contribution in [3.05, 3.63) is 0 Å². The molecule has 18 heavy (non-hydrogen) atoms. The fourth-order valence-corrected chi connectivity index (χ4v) is 4.42. The quantitative estimate of drug-likeness (QED) is 0.742. The number of thiol groups is 1. The lowest BCUT2D eigenvalue weighted by molar-refractivity contribution is 0.152. The van der Waals surface area contributed by atoms with Crippen LogP contribution in [0.5, 0.6) is 0 Å². The molecule has 1 saturated heterocycles. The lowest BCUT2D eigenvalue weighted by Crippen LogP contribution is -2.43. The zero-order valence-electron chi connectivity index (χ0n) is 12.2. The second-order valence-corrected chi connectivity index (χ2v) is 6.80. The summed E-state index contributed by atoms with van der Waals surface area (Å²) < 4.78 is 0. The molecular formula is C15H30N2S. The van der Waals surface area contributed by atoms with Crippen LogP contribution >= 0.6 is 12.6 Å². The number of nitrogens with zero attached hydrogens (tertiary/aromatic N) is 2. The minimum absolute atomic E-state index is 0.521. The summed E-state index contributed by atoms with van der Waals surface area (Å²) in [4.78, 5) is 5.23. The fourth-order valence-electron chi connectivity index (χ4n) is 4.01. The summed E-state index contributed by atoms with van der Waals surface area (Å²) in [5.74, 6) is 1.07. The number of hydrogen-bond acceptors (Lipinski definition) is 3. The van der Waals surface area contributed by atoms with Gasteiger partial charge in [-0.25, -0.2) is 0 Å². The lowest BCUT2D eigenvalue weighted by atomic mass is 9.88. The van der Waals surface area contributed by atoms with Crippen molar-refractivity contribution in [1.29, 1.82) is 0 Å².